The minimum absolute atomic E-state index is 0.161. The fourth-order valence-electron chi connectivity index (χ4n) is 2.88. The summed E-state index contributed by atoms with van der Waals surface area (Å²) < 4.78 is 0. The standard InChI is InChI=1S/C16H27NO/c1-12(2)8-16(10-17,11-18)9-15-6-13(3)5-14(4)7-15/h5-7,12,18H,8-11,17H2,1-4H3. The molecule has 1 aromatic carbocycles. The van der Waals surface area contributed by atoms with Crippen molar-refractivity contribution in [1.29, 1.82) is 0 Å². The summed E-state index contributed by atoms with van der Waals surface area (Å²) >= 11 is 0. The Kier molecular flexibility index (Phi) is 5.36. The highest BCUT2D eigenvalue weighted by atomic mass is 16.3. The zero-order valence-corrected chi connectivity index (χ0v) is 12.2. The molecule has 18 heavy (non-hydrogen) atoms. The van der Waals surface area contributed by atoms with Gasteiger partial charge in [0.1, 0.15) is 0 Å². The molecule has 1 unspecified atom stereocenters. The molecular weight excluding hydrogens is 222 g/mol. The topological polar surface area (TPSA) is 46.2 Å². The Morgan fingerprint density at radius 1 is 1.17 bits per heavy atom. The smallest absolute Gasteiger partial charge is 0.0502 e. The zero-order valence-electron chi connectivity index (χ0n) is 12.2. The number of hydrogen-bond donors (Lipinski definition) is 2. The molecule has 2 nitrogen and oxygen atoms in total. The van der Waals surface area contributed by atoms with Crippen molar-refractivity contribution in [3.05, 3.63) is 34.9 Å². The maximum absolute atomic E-state index is 9.75. The lowest BCUT2D eigenvalue weighted by Crippen LogP contribution is -2.37. The van der Waals surface area contributed by atoms with Gasteiger partial charge in [0.05, 0.1) is 6.61 Å². The molecule has 1 rings (SSSR count). The summed E-state index contributed by atoms with van der Waals surface area (Å²) in [5.41, 5.74) is 9.60. The maximum atomic E-state index is 9.75. The molecule has 0 aliphatic heterocycles. The van der Waals surface area contributed by atoms with E-state index in [1.54, 1.807) is 0 Å². The number of nitrogens with two attached hydrogens (primary N) is 1. The zero-order chi connectivity index (χ0) is 13.8. The number of aliphatic hydroxyl groups is 1. The van der Waals surface area contributed by atoms with Crippen molar-refractivity contribution in [2.45, 2.75) is 40.5 Å². The minimum atomic E-state index is -0.172. The van der Waals surface area contributed by atoms with E-state index in [1.807, 2.05) is 0 Å². The van der Waals surface area contributed by atoms with Crippen LogP contribution >= 0.6 is 0 Å². The third-order valence-corrected chi connectivity index (χ3v) is 3.47. The SMILES string of the molecule is Cc1cc(C)cc(CC(CN)(CO)CC(C)C)c1. The first-order chi connectivity index (χ1) is 8.40. The summed E-state index contributed by atoms with van der Waals surface area (Å²) in [4.78, 5) is 0. The monoisotopic (exact) mass is 249 g/mol. The molecule has 0 amide bonds. The summed E-state index contributed by atoms with van der Waals surface area (Å²) in [5, 5.41) is 9.75. The summed E-state index contributed by atoms with van der Waals surface area (Å²) in [7, 11) is 0. The van der Waals surface area contributed by atoms with Crippen molar-refractivity contribution in [2.24, 2.45) is 17.1 Å². The van der Waals surface area contributed by atoms with Crippen molar-refractivity contribution in [1.82, 2.24) is 0 Å². The molecule has 2 heteroatoms. The summed E-state index contributed by atoms with van der Waals surface area (Å²) in [6.45, 7) is 9.29. The van der Waals surface area contributed by atoms with Gasteiger partial charge < -0.3 is 10.8 Å². The molecule has 0 saturated carbocycles. The van der Waals surface area contributed by atoms with Crippen LogP contribution in [0.5, 0.6) is 0 Å². The molecule has 0 aromatic heterocycles. The lowest BCUT2D eigenvalue weighted by atomic mass is 9.75. The Labute approximate surface area is 111 Å². The van der Waals surface area contributed by atoms with Gasteiger partial charge in [0.15, 0.2) is 0 Å². The highest BCUT2D eigenvalue weighted by molar-refractivity contribution is 5.29. The van der Waals surface area contributed by atoms with Crippen LogP contribution < -0.4 is 5.73 Å². The van der Waals surface area contributed by atoms with Crippen molar-refractivity contribution >= 4 is 0 Å². The molecule has 0 bridgehead atoms. The minimum Gasteiger partial charge on any atom is -0.396 e. The van der Waals surface area contributed by atoms with Gasteiger partial charge in [0.2, 0.25) is 0 Å². The molecule has 0 heterocycles. The van der Waals surface area contributed by atoms with Gasteiger partial charge in [-0.25, -0.2) is 0 Å². The van der Waals surface area contributed by atoms with Gasteiger partial charge in [-0.3, -0.25) is 0 Å². The van der Waals surface area contributed by atoms with E-state index in [0.717, 1.165) is 12.8 Å². The van der Waals surface area contributed by atoms with E-state index in [4.69, 9.17) is 5.73 Å². The Morgan fingerprint density at radius 2 is 1.72 bits per heavy atom. The number of hydrogen-bond acceptors (Lipinski definition) is 2. The van der Waals surface area contributed by atoms with E-state index < -0.39 is 0 Å². The number of aryl methyl sites for hydroxylation is 2. The highest BCUT2D eigenvalue weighted by Crippen LogP contribution is 2.30. The Morgan fingerprint density at radius 3 is 2.11 bits per heavy atom. The fourth-order valence-corrected chi connectivity index (χ4v) is 2.88. The predicted octanol–water partition coefficient (Wildman–Crippen LogP) is 2.83. The largest absolute Gasteiger partial charge is 0.396 e. The summed E-state index contributed by atoms with van der Waals surface area (Å²) in [5.74, 6) is 0.548. The van der Waals surface area contributed by atoms with Crippen LogP contribution in [0.25, 0.3) is 0 Å². The molecule has 1 atom stereocenters. The van der Waals surface area contributed by atoms with Crippen LogP contribution in [0.2, 0.25) is 0 Å². The Bertz CT molecular complexity index is 360. The van der Waals surface area contributed by atoms with Gasteiger partial charge in [-0.05, 0) is 38.2 Å². The first-order valence-corrected chi connectivity index (χ1v) is 6.79. The van der Waals surface area contributed by atoms with Crippen LogP contribution in [0.3, 0.4) is 0 Å². The van der Waals surface area contributed by atoms with Crippen LogP contribution in [-0.2, 0) is 6.42 Å². The summed E-state index contributed by atoms with van der Waals surface area (Å²) in [6.07, 6.45) is 1.83. The summed E-state index contributed by atoms with van der Waals surface area (Å²) in [6, 6.07) is 6.58. The average molecular weight is 249 g/mol. The van der Waals surface area contributed by atoms with Crippen LogP contribution in [0.15, 0.2) is 18.2 Å². The fraction of sp³-hybridized carbons (Fsp3) is 0.625. The third-order valence-electron chi connectivity index (χ3n) is 3.47. The molecule has 0 radical (unpaired) electrons. The van der Waals surface area contributed by atoms with E-state index in [2.05, 4.69) is 45.9 Å². The molecule has 0 saturated heterocycles. The number of rotatable bonds is 6. The Hall–Kier alpha value is -0.860. The Balaban J connectivity index is 2.95. The molecule has 3 N–H and O–H groups in total. The average Bonchev–Trinajstić information content (AvgIpc) is 2.26. The van der Waals surface area contributed by atoms with Crippen molar-refractivity contribution < 1.29 is 5.11 Å². The second-order valence-corrected chi connectivity index (χ2v) is 6.13. The quantitative estimate of drug-likeness (QED) is 0.814. The van der Waals surface area contributed by atoms with Crippen molar-refractivity contribution in [3.63, 3.8) is 0 Å². The van der Waals surface area contributed by atoms with Gasteiger partial charge in [-0.1, -0.05) is 43.2 Å². The molecule has 0 aliphatic rings. The molecule has 1 aromatic rings. The molecule has 0 fully saturated rings. The van der Waals surface area contributed by atoms with E-state index in [9.17, 15) is 5.11 Å². The second kappa shape index (κ2) is 6.35. The van der Waals surface area contributed by atoms with E-state index in [1.165, 1.54) is 16.7 Å². The maximum Gasteiger partial charge on any atom is 0.0502 e. The first-order valence-electron chi connectivity index (χ1n) is 6.79. The molecule has 102 valence electrons. The lowest BCUT2D eigenvalue weighted by Gasteiger charge is -2.32. The predicted molar refractivity (Wildman–Crippen MR) is 77.6 cm³/mol. The van der Waals surface area contributed by atoms with E-state index >= 15 is 0 Å². The van der Waals surface area contributed by atoms with Gasteiger partial charge >= 0.3 is 0 Å². The van der Waals surface area contributed by atoms with Crippen molar-refractivity contribution in [2.75, 3.05) is 13.2 Å². The van der Waals surface area contributed by atoms with Crippen molar-refractivity contribution in [3.8, 4) is 0 Å². The van der Waals surface area contributed by atoms with Crippen LogP contribution in [-0.4, -0.2) is 18.3 Å². The van der Waals surface area contributed by atoms with Gasteiger partial charge in [-0.15, -0.1) is 0 Å². The van der Waals surface area contributed by atoms with Crippen LogP contribution in [0.4, 0.5) is 0 Å². The van der Waals surface area contributed by atoms with Gasteiger partial charge in [-0.2, -0.15) is 0 Å². The molecule has 0 spiro atoms. The second-order valence-electron chi connectivity index (χ2n) is 6.13. The van der Waals surface area contributed by atoms with Gasteiger partial charge in [0.25, 0.3) is 0 Å². The third kappa shape index (κ3) is 4.11. The number of aliphatic hydroxyl groups excluding tert-OH is 1. The van der Waals surface area contributed by atoms with Crippen LogP contribution in [0.1, 0.15) is 37.0 Å². The molecular formula is C16H27NO. The van der Waals surface area contributed by atoms with E-state index in [0.29, 0.717) is 12.5 Å². The number of benzene rings is 1. The molecule has 0 aliphatic carbocycles. The first kappa shape index (κ1) is 15.2. The lowest BCUT2D eigenvalue weighted by molar-refractivity contribution is 0.108. The van der Waals surface area contributed by atoms with E-state index in [-0.39, 0.29) is 12.0 Å². The van der Waals surface area contributed by atoms with Crippen LogP contribution in [0, 0.1) is 25.2 Å². The van der Waals surface area contributed by atoms with Gasteiger partial charge in [0, 0.05) is 12.0 Å². The highest BCUT2D eigenvalue weighted by Gasteiger charge is 2.29. The normalized spacial score (nSPS) is 14.8.